The highest BCUT2D eigenvalue weighted by Gasteiger charge is 2.29. The van der Waals surface area contributed by atoms with Crippen LogP contribution in [0.15, 0.2) is 30.3 Å². The average Bonchev–Trinajstić information content (AvgIpc) is 2.89. The number of anilines is 5. The van der Waals surface area contributed by atoms with Gasteiger partial charge in [0.25, 0.3) is 5.91 Å². The number of nitrogens with one attached hydrogen (secondary N) is 2. The maximum absolute atomic E-state index is 14.3. The Morgan fingerprint density at radius 1 is 0.884 bits per heavy atom. The zero-order valence-electron chi connectivity index (χ0n) is 23.4. The molecule has 0 unspecified atom stereocenters. The number of benzene rings is 2. The molecule has 2 aliphatic heterocycles. The second-order valence-electron chi connectivity index (χ2n) is 10.9. The quantitative estimate of drug-likeness (QED) is 0.229. The van der Waals surface area contributed by atoms with E-state index in [0.29, 0.717) is 67.9 Å². The highest BCUT2D eigenvalue weighted by Crippen LogP contribution is 2.32. The van der Waals surface area contributed by atoms with Gasteiger partial charge in [-0.25, -0.2) is 4.39 Å². The number of aryl methyl sites for hydroxylation is 1. The van der Waals surface area contributed by atoms with Gasteiger partial charge in [0.2, 0.25) is 17.8 Å². The van der Waals surface area contributed by atoms with Crippen molar-refractivity contribution in [2.24, 2.45) is 22.9 Å². The largest absolute Gasteiger partial charge is 0.338 e. The number of hydrogen-bond acceptors (Lipinski definition) is 11. The molecule has 1 aromatic heterocycles. The number of piperidine rings is 2. The molecule has 2 aliphatic rings. The lowest BCUT2D eigenvalue weighted by molar-refractivity contribution is 0.102. The molecule has 12 nitrogen and oxygen atoms in total. The van der Waals surface area contributed by atoms with Gasteiger partial charge in [-0.05, 0) is 55.7 Å². The Morgan fingerprint density at radius 2 is 1.42 bits per heavy atom. The van der Waals surface area contributed by atoms with Crippen LogP contribution >= 0.6 is 35.6 Å². The van der Waals surface area contributed by atoms with Crippen LogP contribution in [0.1, 0.15) is 28.8 Å². The zero-order chi connectivity index (χ0) is 30.1. The maximum atomic E-state index is 14.3. The summed E-state index contributed by atoms with van der Waals surface area (Å²) in [5, 5.41) is 6.31. The number of halogens is 4. The maximum Gasteiger partial charge on any atom is 0.258 e. The highest BCUT2D eigenvalue weighted by atomic mass is 35.5. The molecule has 0 bridgehead atoms. The Bertz CT molecular complexity index is 1390. The van der Waals surface area contributed by atoms with Crippen molar-refractivity contribution in [2.75, 3.05) is 46.6 Å². The van der Waals surface area contributed by atoms with Crippen molar-refractivity contribution in [2.45, 2.75) is 43.9 Å². The van der Waals surface area contributed by atoms with Crippen LogP contribution in [0.4, 0.5) is 33.6 Å². The third-order valence-electron chi connectivity index (χ3n) is 7.17. The molecule has 43 heavy (non-hydrogen) atoms. The van der Waals surface area contributed by atoms with E-state index in [4.69, 9.17) is 51.1 Å². The van der Waals surface area contributed by atoms with E-state index in [0.717, 1.165) is 6.07 Å². The van der Waals surface area contributed by atoms with Gasteiger partial charge >= 0.3 is 0 Å². The number of hydrogen-bond donors (Lipinski definition) is 6. The van der Waals surface area contributed by atoms with Crippen LogP contribution in [0.3, 0.4) is 0 Å². The third kappa shape index (κ3) is 7.92. The summed E-state index contributed by atoms with van der Waals surface area (Å²) in [6.45, 7) is 3.95. The third-order valence-corrected chi connectivity index (χ3v) is 7.70. The van der Waals surface area contributed by atoms with Gasteiger partial charge in [0.1, 0.15) is 5.82 Å². The standard InChI is InChI=1S/C27H34Cl2FN11O.ClH/c1-13-4-19(8-21(29)23(13)36-24(42)20-3-2-14(28)5-22(20)30)35-25-37-26(40-9-15(31)6-16(32)10-40)39-27(38-25)41-11-17(33)7-18(34)12-41;/h2-5,8,15-18H,6-7,9-12,31-34H2,1H3,(H,36,42)(H,35,37,38,39);1H/t15-,16+,17-,18+;. The van der Waals surface area contributed by atoms with Crippen LogP contribution in [0.5, 0.6) is 0 Å². The molecular formula is C27H35Cl3FN11O. The van der Waals surface area contributed by atoms with Gasteiger partial charge < -0.3 is 43.4 Å². The minimum Gasteiger partial charge on any atom is -0.338 e. The first-order chi connectivity index (χ1) is 19.9. The van der Waals surface area contributed by atoms with E-state index in [9.17, 15) is 9.18 Å². The van der Waals surface area contributed by atoms with Gasteiger partial charge in [-0.1, -0.05) is 23.2 Å². The summed E-state index contributed by atoms with van der Waals surface area (Å²) < 4.78 is 14.3. The summed E-state index contributed by atoms with van der Waals surface area (Å²) in [6.07, 6.45) is 1.42. The number of rotatable bonds is 6. The topological polar surface area (TPSA) is 190 Å². The van der Waals surface area contributed by atoms with Crippen molar-refractivity contribution < 1.29 is 9.18 Å². The molecule has 10 N–H and O–H groups in total. The summed E-state index contributed by atoms with van der Waals surface area (Å²) in [7, 11) is 0. The SMILES string of the molecule is Cc1cc(Nc2nc(N3C[C@H](N)C[C@H](N)C3)nc(N3C[C@H](N)C[C@H](N)C3)n2)cc(Cl)c1NC(=O)c1ccc(Cl)cc1F.Cl. The summed E-state index contributed by atoms with van der Waals surface area (Å²) in [4.78, 5) is 30.7. The van der Waals surface area contributed by atoms with Crippen LogP contribution in [-0.2, 0) is 0 Å². The molecule has 0 radical (unpaired) electrons. The van der Waals surface area contributed by atoms with Crippen LogP contribution < -0.4 is 43.4 Å². The number of nitrogens with two attached hydrogens (primary N) is 4. The number of amides is 1. The van der Waals surface area contributed by atoms with Crippen LogP contribution in [0.25, 0.3) is 0 Å². The fourth-order valence-corrected chi connectivity index (χ4v) is 5.81. The summed E-state index contributed by atoms with van der Waals surface area (Å²) in [5.74, 6) is -0.266. The molecule has 2 saturated heterocycles. The van der Waals surface area contributed by atoms with E-state index in [1.54, 1.807) is 19.1 Å². The van der Waals surface area contributed by atoms with Crippen molar-refractivity contribution in [3.8, 4) is 0 Å². The van der Waals surface area contributed by atoms with Crippen LogP contribution in [0, 0.1) is 12.7 Å². The molecule has 232 valence electrons. The van der Waals surface area contributed by atoms with E-state index < -0.39 is 11.7 Å². The molecule has 3 heterocycles. The molecular weight excluding hydrogens is 620 g/mol. The van der Waals surface area contributed by atoms with Crippen LogP contribution in [0.2, 0.25) is 10.0 Å². The van der Waals surface area contributed by atoms with Crippen molar-refractivity contribution in [3.63, 3.8) is 0 Å². The second kappa shape index (κ2) is 13.7. The molecule has 2 fully saturated rings. The molecule has 0 spiro atoms. The van der Waals surface area contributed by atoms with Crippen LogP contribution in [-0.4, -0.2) is 71.2 Å². The Hall–Kier alpha value is -3.04. The Morgan fingerprint density at radius 3 is 1.91 bits per heavy atom. The van der Waals surface area contributed by atoms with E-state index in [1.807, 2.05) is 9.80 Å². The first-order valence-electron chi connectivity index (χ1n) is 13.6. The average molecular weight is 655 g/mol. The van der Waals surface area contributed by atoms with E-state index >= 15 is 0 Å². The monoisotopic (exact) mass is 653 g/mol. The number of carbonyl (C=O) groups excluding carboxylic acids is 1. The molecule has 5 rings (SSSR count). The normalized spacial score (nSPS) is 22.1. The number of nitrogens with zero attached hydrogens (tertiary/aromatic N) is 5. The fraction of sp³-hybridized carbons (Fsp3) is 0.407. The van der Waals surface area contributed by atoms with E-state index in [2.05, 4.69) is 20.6 Å². The van der Waals surface area contributed by atoms with Gasteiger partial charge in [-0.2, -0.15) is 15.0 Å². The second-order valence-corrected chi connectivity index (χ2v) is 11.8. The first kappa shape index (κ1) is 32.9. The van der Waals surface area contributed by atoms with Gasteiger partial charge in [0.15, 0.2) is 0 Å². The van der Waals surface area contributed by atoms with Crippen molar-refractivity contribution in [3.05, 3.63) is 57.3 Å². The first-order valence-corrected chi connectivity index (χ1v) is 14.3. The molecule has 4 atom stereocenters. The van der Waals surface area contributed by atoms with E-state index in [-0.39, 0.29) is 58.1 Å². The fourth-order valence-electron chi connectivity index (χ4n) is 5.33. The van der Waals surface area contributed by atoms with Gasteiger partial charge in [0, 0.05) is 61.1 Å². The molecule has 16 heteroatoms. The summed E-state index contributed by atoms with van der Waals surface area (Å²) >= 11 is 12.4. The Kier molecular flexibility index (Phi) is 10.5. The number of carbonyl (C=O) groups is 1. The van der Waals surface area contributed by atoms with Crippen molar-refractivity contribution in [1.29, 1.82) is 0 Å². The molecule has 0 saturated carbocycles. The van der Waals surface area contributed by atoms with Crippen molar-refractivity contribution in [1.82, 2.24) is 15.0 Å². The summed E-state index contributed by atoms with van der Waals surface area (Å²) in [6, 6.07) is 6.74. The lowest BCUT2D eigenvalue weighted by atomic mass is 10.0. The van der Waals surface area contributed by atoms with Gasteiger partial charge in [0.05, 0.1) is 16.3 Å². The molecule has 2 aromatic carbocycles. The lowest BCUT2D eigenvalue weighted by Crippen LogP contribution is -2.54. The lowest BCUT2D eigenvalue weighted by Gasteiger charge is -2.37. The summed E-state index contributed by atoms with van der Waals surface area (Å²) in [5.41, 5.74) is 26.3. The molecule has 1 amide bonds. The predicted octanol–water partition coefficient (Wildman–Crippen LogP) is 2.77. The predicted molar refractivity (Wildman–Crippen MR) is 171 cm³/mol. The highest BCUT2D eigenvalue weighted by molar-refractivity contribution is 6.34. The minimum atomic E-state index is -0.736. The van der Waals surface area contributed by atoms with Crippen molar-refractivity contribution >= 4 is 70.7 Å². The van der Waals surface area contributed by atoms with E-state index in [1.165, 1.54) is 12.1 Å². The molecule has 0 aliphatic carbocycles. The Balaban J connectivity index is 0.00000423. The zero-order valence-corrected chi connectivity index (χ0v) is 25.8. The smallest absolute Gasteiger partial charge is 0.258 e. The van der Waals surface area contributed by atoms with Gasteiger partial charge in [-0.3, -0.25) is 4.79 Å². The Labute approximate surface area is 265 Å². The molecule has 3 aromatic rings. The number of aromatic nitrogens is 3. The minimum absolute atomic E-state index is 0. The van der Waals surface area contributed by atoms with Gasteiger partial charge in [-0.15, -0.1) is 12.4 Å².